The Balaban J connectivity index is 2.16. The number of ether oxygens (including phenoxy) is 1. The van der Waals surface area contributed by atoms with Gasteiger partial charge in [-0.3, -0.25) is 4.79 Å². The van der Waals surface area contributed by atoms with Gasteiger partial charge in [-0.2, -0.15) is 0 Å². The third kappa shape index (κ3) is 4.33. The van der Waals surface area contributed by atoms with Crippen molar-refractivity contribution in [2.75, 3.05) is 13.2 Å². The number of allylic oxidation sites excluding steroid dienone is 1. The van der Waals surface area contributed by atoms with Gasteiger partial charge in [0.05, 0.1) is 6.61 Å². The topological polar surface area (TPSA) is 75.6 Å². The highest BCUT2D eigenvalue weighted by atomic mass is 16.5. The smallest absolute Gasteiger partial charge is 0.407 e. The molecule has 1 aliphatic carbocycles. The SMILES string of the molecule is C=CCCC1(COC(=O)NCC(=O)O)CC1. The first kappa shape index (κ1) is 12.5. The largest absolute Gasteiger partial charge is 0.480 e. The second kappa shape index (κ2) is 5.53. The molecule has 0 atom stereocenters. The first-order chi connectivity index (χ1) is 7.58. The maximum absolute atomic E-state index is 11.1. The standard InChI is InChI=1S/C11H17NO4/c1-2-3-4-11(5-6-11)8-16-10(15)12-7-9(13)14/h2H,1,3-8H2,(H,12,15)(H,13,14). The van der Waals surface area contributed by atoms with Crippen LogP contribution in [0.25, 0.3) is 0 Å². The molecule has 0 aromatic carbocycles. The van der Waals surface area contributed by atoms with Crippen molar-refractivity contribution in [1.29, 1.82) is 0 Å². The number of hydrogen-bond donors (Lipinski definition) is 2. The quantitative estimate of drug-likeness (QED) is 0.647. The van der Waals surface area contributed by atoms with Crippen molar-refractivity contribution in [3.05, 3.63) is 12.7 Å². The second-order valence-corrected chi connectivity index (χ2v) is 4.15. The van der Waals surface area contributed by atoms with Gasteiger partial charge in [0, 0.05) is 5.41 Å². The molecule has 90 valence electrons. The predicted octanol–water partition coefficient (Wildman–Crippen LogP) is 1.54. The predicted molar refractivity (Wildman–Crippen MR) is 58.1 cm³/mol. The third-order valence-electron chi connectivity index (χ3n) is 2.73. The van der Waals surface area contributed by atoms with Crippen LogP contribution in [0.5, 0.6) is 0 Å². The molecule has 1 aliphatic rings. The van der Waals surface area contributed by atoms with Gasteiger partial charge in [0.25, 0.3) is 0 Å². The number of hydrogen-bond acceptors (Lipinski definition) is 3. The summed E-state index contributed by atoms with van der Waals surface area (Å²) in [4.78, 5) is 21.3. The highest BCUT2D eigenvalue weighted by Crippen LogP contribution is 2.49. The molecule has 0 bridgehead atoms. The van der Waals surface area contributed by atoms with E-state index in [4.69, 9.17) is 9.84 Å². The molecular weight excluding hydrogens is 210 g/mol. The monoisotopic (exact) mass is 227 g/mol. The van der Waals surface area contributed by atoms with Crippen LogP contribution in [0.2, 0.25) is 0 Å². The van der Waals surface area contributed by atoms with E-state index in [-0.39, 0.29) is 5.41 Å². The second-order valence-electron chi connectivity index (χ2n) is 4.15. The Morgan fingerprint density at radius 1 is 1.50 bits per heavy atom. The van der Waals surface area contributed by atoms with Crippen molar-refractivity contribution in [3.63, 3.8) is 0 Å². The molecule has 1 rings (SSSR count). The molecule has 0 spiro atoms. The van der Waals surface area contributed by atoms with Gasteiger partial charge in [-0.15, -0.1) is 6.58 Å². The summed E-state index contributed by atoms with van der Waals surface area (Å²) in [6.45, 7) is 3.61. The molecule has 5 nitrogen and oxygen atoms in total. The normalized spacial score (nSPS) is 16.2. The van der Waals surface area contributed by atoms with E-state index in [0.29, 0.717) is 6.61 Å². The number of carboxylic acids is 1. The molecule has 16 heavy (non-hydrogen) atoms. The highest BCUT2D eigenvalue weighted by molar-refractivity contribution is 5.76. The maximum atomic E-state index is 11.1. The Morgan fingerprint density at radius 2 is 2.19 bits per heavy atom. The van der Waals surface area contributed by atoms with Crippen LogP contribution in [0.1, 0.15) is 25.7 Å². The molecule has 1 amide bonds. The lowest BCUT2D eigenvalue weighted by molar-refractivity contribution is -0.135. The average Bonchev–Trinajstić information content (AvgIpc) is 3.01. The van der Waals surface area contributed by atoms with E-state index in [1.165, 1.54) is 0 Å². The molecule has 0 heterocycles. The summed E-state index contributed by atoms with van der Waals surface area (Å²) in [5.74, 6) is -1.08. The zero-order valence-electron chi connectivity index (χ0n) is 9.20. The van der Waals surface area contributed by atoms with E-state index in [0.717, 1.165) is 25.7 Å². The van der Waals surface area contributed by atoms with Crippen LogP contribution >= 0.6 is 0 Å². The number of alkyl carbamates (subject to hydrolysis) is 1. The zero-order chi connectivity index (χ0) is 12.0. The van der Waals surface area contributed by atoms with E-state index in [2.05, 4.69) is 11.9 Å². The lowest BCUT2D eigenvalue weighted by Crippen LogP contribution is -2.31. The van der Waals surface area contributed by atoms with Crippen molar-refractivity contribution in [2.24, 2.45) is 5.41 Å². The Labute approximate surface area is 94.5 Å². The fourth-order valence-electron chi connectivity index (χ4n) is 1.47. The number of carbonyl (C=O) groups excluding carboxylic acids is 1. The van der Waals surface area contributed by atoms with Crippen molar-refractivity contribution in [2.45, 2.75) is 25.7 Å². The molecule has 0 unspecified atom stereocenters. The lowest BCUT2D eigenvalue weighted by atomic mass is 10.0. The minimum atomic E-state index is -1.08. The molecular formula is C11H17NO4. The van der Waals surface area contributed by atoms with Crippen LogP contribution in [0, 0.1) is 5.41 Å². The van der Waals surface area contributed by atoms with Gasteiger partial charge in [0.2, 0.25) is 0 Å². The summed E-state index contributed by atoms with van der Waals surface area (Å²) in [6.07, 6.45) is 5.21. The summed E-state index contributed by atoms with van der Waals surface area (Å²) in [7, 11) is 0. The average molecular weight is 227 g/mol. The summed E-state index contributed by atoms with van der Waals surface area (Å²) in [5, 5.41) is 10.5. The minimum absolute atomic E-state index is 0.120. The number of aliphatic carboxylic acids is 1. The van der Waals surface area contributed by atoms with Crippen molar-refractivity contribution >= 4 is 12.1 Å². The fraction of sp³-hybridized carbons (Fsp3) is 0.636. The Hall–Kier alpha value is -1.52. The van der Waals surface area contributed by atoms with Gasteiger partial charge in [0.15, 0.2) is 0 Å². The maximum Gasteiger partial charge on any atom is 0.407 e. The van der Waals surface area contributed by atoms with Gasteiger partial charge in [-0.1, -0.05) is 6.08 Å². The van der Waals surface area contributed by atoms with Crippen molar-refractivity contribution in [3.8, 4) is 0 Å². The molecule has 0 radical (unpaired) electrons. The van der Waals surface area contributed by atoms with Crippen molar-refractivity contribution < 1.29 is 19.4 Å². The Kier molecular flexibility index (Phi) is 4.34. The van der Waals surface area contributed by atoms with Crippen LogP contribution in [-0.4, -0.2) is 30.3 Å². The van der Waals surface area contributed by atoms with Crippen LogP contribution in [-0.2, 0) is 9.53 Å². The summed E-state index contributed by atoms with van der Waals surface area (Å²) >= 11 is 0. The number of rotatable bonds is 7. The summed E-state index contributed by atoms with van der Waals surface area (Å²) < 4.78 is 4.97. The number of carboxylic acid groups (broad SMARTS) is 1. The van der Waals surface area contributed by atoms with Crippen LogP contribution in [0.15, 0.2) is 12.7 Å². The van der Waals surface area contributed by atoms with E-state index >= 15 is 0 Å². The first-order valence-electron chi connectivity index (χ1n) is 5.31. The summed E-state index contributed by atoms with van der Waals surface area (Å²) in [5.41, 5.74) is 0.120. The number of nitrogens with one attached hydrogen (secondary N) is 1. The fourth-order valence-corrected chi connectivity index (χ4v) is 1.47. The molecule has 1 saturated carbocycles. The van der Waals surface area contributed by atoms with Gasteiger partial charge < -0.3 is 15.2 Å². The van der Waals surface area contributed by atoms with Gasteiger partial charge in [0.1, 0.15) is 6.54 Å². The Morgan fingerprint density at radius 3 is 2.69 bits per heavy atom. The molecule has 0 aliphatic heterocycles. The van der Waals surface area contributed by atoms with E-state index in [1.54, 1.807) is 0 Å². The number of amides is 1. The lowest BCUT2D eigenvalue weighted by Gasteiger charge is -2.14. The minimum Gasteiger partial charge on any atom is -0.480 e. The van der Waals surface area contributed by atoms with Gasteiger partial charge >= 0.3 is 12.1 Å². The molecule has 0 saturated heterocycles. The van der Waals surface area contributed by atoms with Crippen LogP contribution < -0.4 is 5.32 Å². The van der Waals surface area contributed by atoms with E-state index < -0.39 is 18.6 Å². The van der Waals surface area contributed by atoms with Crippen molar-refractivity contribution in [1.82, 2.24) is 5.32 Å². The first-order valence-corrected chi connectivity index (χ1v) is 5.31. The molecule has 1 fully saturated rings. The van der Waals surface area contributed by atoms with Crippen LogP contribution in [0.3, 0.4) is 0 Å². The van der Waals surface area contributed by atoms with E-state index in [1.807, 2.05) is 6.08 Å². The number of carbonyl (C=O) groups is 2. The van der Waals surface area contributed by atoms with E-state index in [9.17, 15) is 9.59 Å². The molecule has 5 heteroatoms. The van der Waals surface area contributed by atoms with Gasteiger partial charge in [-0.25, -0.2) is 4.79 Å². The highest BCUT2D eigenvalue weighted by Gasteiger charge is 2.42. The Bertz CT molecular complexity index is 284. The zero-order valence-corrected chi connectivity index (χ0v) is 9.20. The van der Waals surface area contributed by atoms with Crippen LogP contribution in [0.4, 0.5) is 4.79 Å². The van der Waals surface area contributed by atoms with Gasteiger partial charge in [-0.05, 0) is 25.7 Å². The third-order valence-corrected chi connectivity index (χ3v) is 2.73. The molecule has 0 aromatic heterocycles. The molecule has 0 aromatic rings. The summed E-state index contributed by atoms with van der Waals surface area (Å²) in [6, 6.07) is 0. The molecule has 2 N–H and O–H groups in total.